The minimum atomic E-state index is -0.579. The number of nitrogens with two attached hydrogens (primary N) is 1. The highest BCUT2D eigenvalue weighted by atomic mass is 35.5. The van der Waals surface area contributed by atoms with Crippen LogP contribution in [0.4, 0.5) is 0 Å². The second kappa shape index (κ2) is 7.49. The summed E-state index contributed by atoms with van der Waals surface area (Å²) in [6.07, 6.45) is 7.05. The number of nitrogens with one attached hydrogen (secondary N) is 1. The fourth-order valence-electron chi connectivity index (χ4n) is 5.50. The quantitative estimate of drug-likeness (QED) is 0.849. The first-order valence-electron chi connectivity index (χ1n) is 9.99. The maximum Gasteiger partial charge on any atom is 0.231 e. The molecule has 1 amide bonds. The van der Waals surface area contributed by atoms with Crippen molar-refractivity contribution in [2.75, 3.05) is 13.2 Å². The zero-order chi connectivity index (χ0) is 18.1. The Morgan fingerprint density at radius 1 is 1.15 bits per heavy atom. The van der Waals surface area contributed by atoms with Gasteiger partial charge in [0.25, 0.3) is 0 Å². The lowest BCUT2D eigenvalue weighted by Crippen LogP contribution is -2.58. The molecule has 1 saturated heterocycles. The van der Waals surface area contributed by atoms with Gasteiger partial charge in [0.15, 0.2) is 0 Å². The molecule has 5 heteroatoms. The molecule has 0 aromatic heterocycles. The van der Waals surface area contributed by atoms with Crippen molar-refractivity contribution < 1.29 is 9.53 Å². The number of benzene rings is 1. The van der Waals surface area contributed by atoms with E-state index in [9.17, 15) is 4.79 Å². The third-order valence-electron chi connectivity index (χ3n) is 6.84. The lowest BCUT2D eigenvalue weighted by Gasteiger charge is -2.47. The molecule has 3 N–H and O–H groups in total. The highest BCUT2D eigenvalue weighted by Crippen LogP contribution is 2.42. The summed E-state index contributed by atoms with van der Waals surface area (Å²) in [5, 5.41) is 4.15. The molecule has 1 aromatic carbocycles. The minimum absolute atomic E-state index is 0.131. The number of carbonyl (C=O) groups is 1. The van der Waals surface area contributed by atoms with Crippen molar-refractivity contribution in [1.29, 1.82) is 0 Å². The van der Waals surface area contributed by atoms with Gasteiger partial charge in [0.2, 0.25) is 5.91 Å². The van der Waals surface area contributed by atoms with E-state index >= 15 is 0 Å². The number of fused-ring (bicyclic) bond motifs is 2. The third kappa shape index (κ3) is 3.28. The van der Waals surface area contributed by atoms with E-state index in [0.29, 0.717) is 49.0 Å². The third-order valence-corrected chi connectivity index (χ3v) is 7.17. The lowest BCUT2D eigenvalue weighted by molar-refractivity contribution is -0.133. The topological polar surface area (TPSA) is 64.3 Å². The van der Waals surface area contributed by atoms with Crippen LogP contribution in [0.15, 0.2) is 24.3 Å². The molecule has 2 unspecified atom stereocenters. The fourth-order valence-corrected chi connectivity index (χ4v) is 5.82. The monoisotopic (exact) mass is 376 g/mol. The van der Waals surface area contributed by atoms with Gasteiger partial charge in [-0.2, -0.15) is 0 Å². The maximum absolute atomic E-state index is 13.6. The Labute approximate surface area is 160 Å². The average Bonchev–Trinajstić information content (AvgIpc) is 2.63. The van der Waals surface area contributed by atoms with E-state index in [1.54, 1.807) is 0 Å². The number of halogens is 1. The van der Waals surface area contributed by atoms with E-state index in [1.165, 1.54) is 19.3 Å². The maximum atomic E-state index is 13.6. The number of hydrogen-bond donors (Lipinski definition) is 2. The summed E-state index contributed by atoms with van der Waals surface area (Å²) in [5.74, 6) is 1.17. The van der Waals surface area contributed by atoms with E-state index in [0.717, 1.165) is 18.4 Å². The van der Waals surface area contributed by atoms with Gasteiger partial charge in [-0.25, -0.2) is 0 Å². The molecule has 3 fully saturated rings. The van der Waals surface area contributed by atoms with Gasteiger partial charge in [-0.05, 0) is 62.0 Å². The van der Waals surface area contributed by atoms with Crippen LogP contribution in [-0.2, 0) is 14.9 Å². The zero-order valence-electron chi connectivity index (χ0n) is 15.3. The standard InChI is InChI=1S/C21H29ClN2O2/c22-18-7-2-1-6-17(18)21(8-10-26-11-9-21)20(25)24-19-14-4-3-5-15(19)13-16(23)12-14/h1-2,6-7,14-16,19H,3-5,8-13,23H2,(H,24,25). The summed E-state index contributed by atoms with van der Waals surface area (Å²) in [5.41, 5.74) is 6.62. The van der Waals surface area contributed by atoms with Gasteiger partial charge in [-0.1, -0.05) is 36.2 Å². The molecule has 142 valence electrons. The van der Waals surface area contributed by atoms with Crippen LogP contribution in [0.2, 0.25) is 5.02 Å². The first-order chi connectivity index (χ1) is 12.6. The first kappa shape index (κ1) is 18.3. The fraction of sp³-hybridized carbons (Fsp3) is 0.667. The van der Waals surface area contributed by atoms with E-state index in [1.807, 2.05) is 24.3 Å². The smallest absolute Gasteiger partial charge is 0.231 e. The number of carbonyl (C=O) groups excluding carboxylic acids is 1. The normalized spacial score (nSPS) is 33.5. The second-order valence-corrected chi connectivity index (χ2v) is 8.76. The van der Waals surface area contributed by atoms with Crippen LogP contribution in [0.25, 0.3) is 0 Å². The van der Waals surface area contributed by atoms with E-state index in [4.69, 9.17) is 22.1 Å². The molecule has 4 nitrogen and oxygen atoms in total. The molecular weight excluding hydrogens is 348 g/mol. The summed E-state index contributed by atoms with van der Waals surface area (Å²) < 4.78 is 5.58. The number of amides is 1. The molecule has 2 aliphatic carbocycles. The highest BCUT2D eigenvalue weighted by Gasteiger charge is 2.46. The minimum Gasteiger partial charge on any atom is -0.381 e. The summed E-state index contributed by atoms with van der Waals surface area (Å²) >= 11 is 6.51. The Bertz CT molecular complexity index is 645. The molecule has 0 spiro atoms. The Morgan fingerprint density at radius 3 is 2.46 bits per heavy atom. The van der Waals surface area contributed by atoms with Crippen LogP contribution >= 0.6 is 11.6 Å². The SMILES string of the molecule is NC1CC2CCCC(C1)C2NC(=O)C1(c2ccccc2Cl)CCOCC1. The van der Waals surface area contributed by atoms with Gasteiger partial charge < -0.3 is 15.8 Å². The first-order valence-corrected chi connectivity index (χ1v) is 10.4. The molecule has 1 aromatic rings. The number of rotatable bonds is 3. The molecule has 3 aliphatic rings. The summed E-state index contributed by atoms with van der Waals surface area (Å²) in [6.45, 7) is 1.20. The molecule has 4 rings (SSSR count). The molecule has 2 atom stereocenters. The predicted octanol–water partition coefficient (Wildman–Crippen LogP) is 3.41. The molecular formula is C21H29ClN2O2. The zero-order valence-corrected chi connectivity index (χ0v) is 16.0. The van der Waals surface area contributed by atoms with Crippen LogP contribution in [-0.4, -0.2) is 31.2 Å². The molecule has 0 radical (unpaired) electrons. The van der Waals surface area contributed by atoms with Gasteiger partial charge in [-0.3, -0.25) is 4.79 Å². The lowest BCUT2D eigenvalue weighted by atomic mass is 9.66. The molecule has 26 heavy (non-hydrogen) atoms. The van der Waals surface area contributed by atoms with Crippen LogP contribution < -0.4 is 11.1 Å². The van der Waals surface area contributed by atoms with Gasteiger partial charge in [0.1, 0.15) is 0 Å². The summed E-state index contributed by atoms with van der Waals surface area (Å²) in [6, 6.07) is 8.34. The molecule has 2 bridgehead atoms. The van der Waals surface area contributed by atoms with Crippen LogP contribution in [0, 0.1) is 11.8 Å². The van der Waals surface area contributed by atoms with Crippen LogP contribution in [0.1, 0.15) is 50.5 Å². The van der Waals surface area contributed by atoms with Crippen molar-refractivity contribution in [3.63, 3.8) is 0 Å². The van der Waals surface area contributed by atoms with Gasteiger partial charge in [0, 0.05) is 30.3 Å². The van der Waals surface area contributed by atoms with Gasteiger partial charge in [-0.15, -0.1) is 0 Å². The molecule has 2 saturated carbocycles. The van der Waals surface area contributed by atoms with E-state index < -0.39 is 5.41 Å². The van der Waals surface area contributed by atoms with Crippen molar-refractivity contribution in [2.24, 2.45) is 17.6 Å². The van der Waals surface area contributed by atoms with Crippen molar-refractivity contribution in [3.05, 3.63) is 34.9 Å². The van der Waals surface area contributed by atoms with Crippen molar-refractivity contribution in [3.8, 4) is 0 Å². The Balaban J connectivity index is 1.61. The Hall–Kier alpha value is -1.10. The second-order valence-electron chi connectivity index (χ2n) is 8.36. The van der Waals surface area contributed by atoms with Crippen LogP contribution in [0.3, 0.4) is 0 Å². The Kier molecular flexibility index (Phi) is 5.27. The summed E-state index contributed by atoms with van der Waals surface area (Å²) in [7, 11) is 0. The van der Waals surface area contributed by atoms with Crippen molar-refractivity contribution >= 4 is 17.5 Å². The van der Waals surface area contributed by atoms with Crippen molar-refractivity contribution in [1.82, 2.24) is 5.32 Å². The predicted molar refractivity (Wildman–Crippen MR) is 103 cm³/mol. The molecule has 1 aliphatic heterocycles. The van der Waals surface area contributed by atoms with Gasteiger partial charge in [0.05, 0.1) is 5.41 Å². The Morgan fingerprint density at radius 2 is 1.81 bits per heavy atom. The molecule has 1 heterocycles. The highest BCUT2D eigenvalue weighted by molar-refractivity contribution is 6.31. The average molecular weight is 377 g/mol. The van der Waals surface area contributed by atoms with E-state index in [2.05, 4.69) is 5.32 Å². The largest absolute Gasteiger partial charge is 0.381 e. The summed E-state index contributed by atoms with van der Waals surface area (Å²) in [4.78, 5) is 13.6. The number of ether oxygens (including phenoxy) is 1. The number of hydrogen-bond acceptors (Lipinski definition) is 3. The van der Waals surface area contributed by atoms with Crippen molar-refractivity contribution in [2.45, 2.75) is 62.4 Å². The van der Waals surface area contributed by atoms with Crippen LogP contribution in [0.5, 0.6) is 0 Å². The van der Waals surface area contributed by atoms with E-state index in [-0.39, 0.29) is 11.9 Å². The van der Waals surface area contributed by atoms with Gasteiger partial charge >= 0.3 is 0 Å².